The molecule has 102 valence electrons. The van der Waals surface area contributed by atoms with Gasteiger partial charge in [0.15, 0.2) is 0 Å². The molecule has 0 atom stereocenters. The number of benzene rings is 1. The van der Waals surface area contributed by atoms with Crippen LogP contribution in [0.2, 0.25) is 0 Å². The predicted molar refractivity (Wildman–Crippen MR) is 80.2 cm³/mol. The van der Waals surface area contributed by atoms with Gasteiger partial charge in [0.05, 0.1) is 6.54 Å². The van der Waals surface area contributed by atoms with Gasteiger partial charge in [-0.1, -0.05) is 25.1 Å². The summed E-state index contributed by atoms with van der Waals surface area (Å²) in [4.78, 5) is 6.41. The zero-order valence-corrected chi connectivity index (χ0v) is 11.6. The fourth-order valence-electron chi connectivity index (χ4n) is 2.36. The van der Waals surface area contributed by atoms with E-state index >= 15 is 0 Å². The summed E-state index contributed by atoms with van der Waals surface area (Å²) >= 11 is 0. The number of furan rings is 1. The van der Waals surface area contributed by atoms with Crippen LogP contribution in [0.5, 0.6) is 0 Å². The molecule has 3 heteroatoms. The smallest absolute Gasteiger partial charge is 0.134 e. The van der Waals surface area contributed by atoms with Crippen LogP contribution in [0.15, 0.2) is 59.3 Å². The standard InChI is InChI=1S/C17H18N2O/c1-2-19(12-14-7-9-18-10-8-14)13-16-11-15-5-3-4-6-17(15)20-16/h3-11H,2,12-13H2,1H3. The molecule has 0 saturated heterocycles. The van der Waals surface area contributed by atoms with Gasteiger partial charge < -0.3 is 4.42 Å². The van der Waals surface area contributed by atoms with Crippen LogP contribution >= 0.6 is 0 Å². The van der Waals surface area contributed by atoms with Crippen LogP contribution in [-0.4, -0.2) is 16.4 Å². The Balaban J connectivity index is 1.74. The Labute approximate surface area is 118 Å². The second-order valence-electron chi connectivity index (χ2n) is 4.91. The van der Waals surface area contributed by atoms with Gasteiger partial charge in [-0.2, -0.15) is 0 Å². The van der Waals surface area contributed by atoms with Crippen LogP contribution in [0, 0.1) is 0 Å². The van der Waals surface area contributed by atoms with Gasteiger partial charge in [-0.3, -0.25) is 9.88 Å². The summed E-state index contributed by atoms with van der Waals surface area (Å²) in [5.74, 6) is 1.02. The molecule has 0 unspecified atom stereocenters. The number of para-hydroxylation sites is 1. The molecule has 3 rings (SSSR count). The van der Waals surface area contributed by atoms with E-state index in [1.54, 1.807) is 0 Å². The maximum atomic E-state index is 5.88. The first-order chi connectivity index (χ1) is 9.85. The molecule has 0 aliphatic carbocycles. The third kappa shape index (κ3) is 2.89. The van der Waals surface area contributed by atoms with Gasteiger partial charge in [-0.05, 0) is 36.4 Å². The first kappa shape index (κ1) is 12.9. The fraction of sp³-hybridized carbons (Fsp3) is 0.235. The van der Waals surface area contributed by atoms with E-state index in [0.717, 1.165) is 31.0 Å². The van der Waals surface area contributed by atoms with Crippen LogP contribution < -0.4 is 0 Å². The van der Waals surface area contributed by atoms with Gasteiger partial charge in [-0.25, -0.2) is 0 Å². The summed E-state index contributed by atoms with van der Waals surface area (Å²) in [6.45, 7) is 4.90. The normalized spacial score (nSPS) is 11.3. The Morgan fingerprint density at radius 2 is 1.85 bits per heavy atom. The summed E-state index contributed by atoms with van der Waals surface area (Å²) < 4.78 is 5.88. The van der Waals surface area contributed by atoms with Crippen molar-refractivity contribution >= 4 is 11.0 Å². The molecule has 0 saturated carbocycles. The molecule has 2 heterocycles. The van der Waals surface area contributed by atoms with E-state index in [1.807, 2.05) is 30.6 Å². The van der Waals surface area contributed by atoms with Gasteiger partial charge in [0, 0.05) is 24.3 Å². The van der Waals surface area contributed by atoms with Crippen LogP contribution in [-0.2, 0) is 13.1 Å². The number of pyridine rings is 1. The Bertz CT molecular complexity index is 643. The minimum atomic E-state index is 0.827. The van der Waals surface area contributed by atoms with E-state index in [1.165, 1.54) is 10.9 Å². The minimum Gasteiger partial charge on any atom is -0.460 e. The number of hydrogen-bond donors (Lipinski definition) is 0. The third-order valence-corrected chi connectivity index (χ3v) is 3.46. The highest BCUT2D eigenvalue weighted by molar-refractivity contribution is 5.77. The Morgan fingerprint density at radius 3 is 2.60 bits per heavy atom. The van der Waals surface area contributed by atoms with Crippen LogP contribution in [0.1, 0.15) is 18.2 Å². The maximum Gasteiger partial charge on any atom is 0.134 e. The van der Waals surface area contributed by atoms with Gasteiger partial charge in [0.25, 0.3) is 0 Å². The summed E-state index contributed by atoms with van der Waals surface area (Å²) in [5.41, 5.74) is 2.24. The number of aromatic nitrogens is 1. The lowest BCUT2D eigenvalue weighted by atomic mass is 10.2. The summed E-state index contributed by atoms with van der Waals surface area (Å²) in [7, 11) is 0. The number of fused-ring (bicyclic) bond motifs is 1. The van der Waals surface area contributed by atoms with Gasteiger partial charge in [0.2, 0.25) is 0 Å². The molecular weight excluding hydrogens is 248 g/mol. The third-order valence-electron chi connectivity index (χ3n) is 3.46. The monoisotopic (exact) mass is 266 g/mol. The lowest BCUT2D eigenvalue weighted by Crippen LogP contribution is -2.21. The van der Waals surface area contributed by atoms with Crippen molar-refractivity contribution in [3.8, 4) is 0 Å². The number of rotatable bonds is 5. The van der Waals surface area contributed by atoms with E-state index in [-0.39, 0.29) is 0 Å². The van der Waals surface area contributed by atoms with Crippen molar-refractivity contribution in [2.45, 2.75) is 20.0 Å². The van der Waals surface area contributed by atoms with Crippen molar-refractivity contribution in [1.82, 2.24) is 9.88 Å². The first-order valence-corrected chi connectivity index (χ1v) is 6.94. The summed E-state index contributed by atoms with van der Waals surface area (Å²) in [5, 5.41) is 1.17. The summed E-state index contributed by atoms with van der Waals surface area (Å²) in [6.07, 6.45) is 3.68. The average Bonchev–Trinajstić information content (AvgIpc) is 2.90. The molecule has 0 fully saturated rings. The van der Waals surface area contributed by atoms with Gasteiger partial charge in [0.1, 0.15) is 11.3 Å². The van der Waals surface area contributed by atoms with Crippen molar-refractivity contribution in [2.75, 3.05) is 6.54 Å². The van der Waals surface area contributed by atoms with E-state index in [9.17, 15) is 0 Å². The van der Waals surface area contributed by atoms with Crippen molar-refractivity contribution in [1.29, 1.82) is 0 Å². The van der Waals surface area contributed by atoms with Gasteiger partial charge >= 0.3 is 0 Å². The second kappa shape index (κ2) is 5.88. The molecule has 0 bridgehead atoms. The van der Waals surface area contributed by atoms with E-state index in [4.69, 9.17) is 4.42 Å². The van der Waals surface area contributed by atoms with E-state index < -0.39 is 0 Å². The zero-order chi connectivity index (χ0) is 13.8. The van der Waals surface area contributed by atoms with Crippen molar-refractivity contribution < 1.29 is 4.42 Å². The Hall–Kier alpha value is -2.13. The van der Waals surface area contributed by atoms with Crippen LogP contribution in [0.3, 0.4) is 0 Å². The SMILES string of the molecule is CCN(Cc1ccncc1)Cc1cc2ccccc2o1. The molecule has 1 aromatic carbocycles. The number of hydrogen-bond acceptors (Lipinski definition) is 3. The molecule has 0 aliphatic heterocycles. The van der Waals surface area contributed by atoms with Crippen LogP contribution in [0.25, 0.3) is 11.0 Å². The fourth-order valence-corrected chi connectivity index (χ4v) is 2.36. The van der Waals surface area contributed by atoms with Crippen LogP contribution in [0.4, 0.5) is 0 Å². The minimum absolute atomic E-state index is 0.827. The van der Waals surface area contributed by atoms with Crippen molar-refractivity contribution in [3.63, 3.8) is 0 Å². The highest BCUT2D eigenvalue weighted by atomic mass is 16.3. The van der Waals surface area contributed by atoms with Gasteiger partial charge in [-0.15, -0.1) is 0 Å². The number of nitrogens with zero attached hydrogens (tertiary/aromatic N) is 2. The average molecular weight is 266 g/mol. The topological polar surface area (TPSA) is 29.3 Å². The highest BCUT2D eigenvalue weighted by Gasteiger charge is 2.09. The molecule has 0 N–H and O–H groups in total. The molecule has 0 amide bonds. The molecule has 3 nitrogen and oxygen atoms in total. The molecule has 0 spiro atoms. The molecule has 0 aliphatic rings. The van der Waals surface area contributed by atoms with E-state index in [2.05, 4.69) is 41.1 Å². The second-order valence-corrected chi connectivity index (χ2v) is 4.91. The molecule has 2 aromatic heterocycles. The lowest BCUT2D eigenvalue weighted by Gasteiger charge is -2.18. The molecule has 0 radical (unpaired) electrons. The quantitative estimate of drug-likeness (QED) is 0.702. The first-order valence-electron chi connectivity index (χ1n) is 6.94. The molecule has 3 aromatic rings. The van der Waals surface area contributed by atoms with Crippen molar-refractivity contribution in [3.05, 3.63) is 66.2 Å². The zero-order valence-electron chi connectivity index (χ0n) is 11.6. The highest BCUT2D eigenvalue weighted by Crippen LogP contribution is 2.20. The lowest BCUT2D eigenvalue weighted by molar-refractivity contribution is 0.250. The summed E-state index contributed by atoms with van der Waals surface area (Å²) in [6, 6.07) is 14.4. The molecule has 20 heavy (non-hydrogen) atoms. The predicted octanol–water partition coefficient (Wildman–Crippen LogP) is 3.85. The van der Waals surface area contributed by atoms with Crippen molar-refractivity contribution in [2.24, 2.45) is 0 Å². The Morgan fingerprint density at radius 1 is 1.05 bits per heavy atom. The maximum absolute atomic E-state index is 5.88. The largest absolute Gasteiger partial charge is 0.460 e. The Kier molecular flexibility index (Phi) is 3.79. The molecular formula is C17H18N2O. The van der Waals surface area contributed by atoms with E-state index in [0.29, 0.717) is 0 Å².